The molecular weight excluding hydrogens is 296 g/mol. The van der Waals surface area contributed by atoms with Crippen molar-refractivity contribution in [2.45, 2.75) is 25.8 Å². The largest absolute Gasteiger partial charge is 0.349 e. The molecule has 1 fully saturated rings. The fraction of sp³-hybridized carbons (Fsp3) is 0.538. The molecule has 7 nitrogen and oxygen atoms in total. The van der Waals surface area contributed by atoms with Gasteiger partial charge in [-0.3, -0.25) is 14.9 Å². The van der Waals surface area contributed by atoms with Gasteiger partial charge in [-0.2, -0.15) is 0 Å². The van der Waals surface area contributed by atoms with Crippen molar-refractivity contribution in [3.8, 4) is 0 Å². The standard InChI is InChI=1S/C13H17ClN4O3/c1-8(9-3-2-4-15-6-9)17-13(19)10-5-12(14)16-7-11(10)18(20)21/h5,7-9,15H,2-4,6H2,1H3,(H,17,19). The van der Waals surface area contributed by atoms with Crippen molar-refractivity contribution < 1.29 is 9.72 Å². The minimum atomic E-state index is -0.634. The zero-order chi connectivity index (χ0) is 15.4. The molecule has 2 N–H and O–H groups in total. The second-order valence-electron chi connectivity index (χ2n) is 5.15. The molecule has 1 saturated heterocycles. The third kappa shape index (κ3) is 3.89. The summed E-state index contributed by atoms with van der Waals surface area (Å²) < 4.78 is 0. The van der Waals surface area contributed by atoms with Crippen LogP contribution in [0.4, 0.5) is 5.69 Å². The lowest BCUT2D eigenvalue weighted by Gasteiger charge is -2.28. The van der Waals surface area contributed by atoms with Crippen molar-refractivity contribution in [3.63, 3.8) is 0 Å². The molecule has 1 aromatic heterocycles. The van der Waals surface area contributed by atoms with Crippen molar-refractivity contribution in [3.05, 3.63) is 33.1 Å². The van der Waals surface area contributed by atoms with E-state index >= 15 is 0 Å². The Morgan fingerprint density at radius 3 is 3.05 bits per heavy atom. The van der Waals surface area contributed by atoms with Gasteiger partial charge in [-0.05, 0) is 44.8 Å². The zero-order valence-electron chi connectivity index (χ0n) is 11.6. The fourth-order valence-corrected chi connectivity index (χ4v) is 2.62. The predicted molar refractivity (Wildman–Crippen MR) is 78.4 cm³/mol. The zero-order valence-corrected chi connectivity index (χ0v) is 12.4. The Morgan fingerprint density at radius 1 is 1.67 bits per heavy atom. The minimum absolute atomic E-state index is 0.0535. The number of rotatable bonds is 4. The Kier molecular flexibility index (Phi) is 5.08. The maximum atomic E-state index is 12.3. The maximum Gasteiger partial charge on any atom is 0.300 e. The molecule has 8 heteroatoms. The number of hydrogen-bond acceptors (Lipinski definition) is 5. The number of amides is 1. The van der Waals surface area contributed by atoms with E-state index in [0.29, 0.717) is 5.92 Å². The number of pyridine rings is 1. The number of nitrogens with one attached hydrogen (secondary N) is 2. The normalized spacial score (nSPS) is 19.8. The van der Waals surface area contributed by atoms with E-state index in [1.807, 2.05) is 6.92 Å². The van der Waals surface area contributed by atoms with Crippen LogP contribution >= 0.6 is 11.6 Å². The van der Waals surface area contributed by atoms with Crippen molar-refractivity contribution >= 4 is 23.2 Å². The highest BCUT2D eigenvalue weighted by molar-refractivity contribution is 6.29. The summed E-state index contributed by atoms with van der Waals surface area (Å²) in [4.78, 5) is 26.2. The lowest BCUT2D eigenvalue weighted by molar-refractivity contribution is -0.385. The highest BCUT2D eigenvalue weighted by atomic mass is 35.5. The van der Waals surface area contributed by atoms with Gasteiger partial charge in [-0.1, -0.05) is 11.6 Å². The first-order valence-corrected chi connectivity index (χ1v) is 7.18. The molecule has 0 aromatic carbocycles. The van der Waals surface area contributed by atoms with Gasteiger partial charge in [0.15, 0.2) is 0 Å². The SMILES string of the molecule is CC(NC(=O)c1cc(Cl)ncc1[N+](=O)[O-])C1CCCNC1. The first kappa shape index (κ1) is 15.7. The number of nitrogens with zero attached hydrogens (tertiary/aromatic N) is 2. The highest BCUT2D eigenvalue weighted by Crippen LogP contribution is 2.21. The number of halogens is 1. The van der Waals surface area contributed by atoms with Gasteiger partial charge in [0.25, 0.3) is 11.6 Å². The van der Waals surface area contributed by atoms with Gasteiger partial charge in [0.05, 0.1) is 4.92 Å². The maximum absolute atomic E-state index is 12.3. The number of nitro groups is 1. The summed E-state index contributed by atoms with van der Waals surface area (Å²) in [6, 6.07) is 1.15. The Bertz CT molecular complexity index is 546. The molecule has 0 saturated carbocycles. The van der Waals surface area contributed by atoms with Gasteiger partial charge in [0, 0.05) is 6.04 Å². The van der Waals surface area contributed by atoms with Crippen LogP contribution in [-0.4, -0.2) is 34.9 Å². The minimum Gasteiger partial charge on any atom is -0.349 e. The van der Waals surface area contributed by atoms with Gasteiger partial charge >= 0.3 is 0 Å². The molecule has 1 aromatic rings. The van der Waals surface area contributed by atoms with E-state index in [1.54, 1.807) is 0 Å². The summed E-state index contributed by atoms with van der Waals surface area (Å²) in [6.45, 7) is 3.73. The number of carbonyl (C=O) groups excluding carboxylic acids is 1. The van der Waals surface area contributed by atoms with E-state index in [2.05, 4.69) is 15.6 Å². The molecule has 0 spiro atoms. The van der Waals surface area contributed by atoms with Crippen LogP contribution in [0, 0.1) is 16.0 Å². The van der Waals surface area contributed by atoms with Crippen molar-refractivity contribution in [1.29, 1.82) is 0 Å². The molecule has 0 aliphatic carbocycles. The quantitative estimate of drug-likeness (QED) is 0.501. The number of carbonyl (C=O) groups is 1. The molecule has 1 amide bonds. The molecule has 1 aliphatic rings. The Balaban J connectivity index is 2.12. The highest BCUT2D eigenvalue weighted by Gasteiger charge is 2.26. The Morgan fingerprint density at radius 2 is 2.43 bits per heavy atom. The second kappa shape index (κ2) is 6.82. The molecule has 2 atom stereocenters. The lowest BCUT2D eigenvalue weighted by atomic mass is 9.92. The average molecular weight is 313 g/mol. The smallest absolute Gasteiger partial charge is 0.300 e. The van der Waals surface area contributed by atoms with Crippen molar-refractivity contribution in [2.24, 2.45) is 5.92 Å². The molecule has 2 heterocycles. The van der Waals surface area contributed by atoms with Gasteiger partial charge in [-0.25, -0.2) is 4.98 Å². The Labute approximate surface area is 127 Å². The topological polar surface area (TPSA) is 97.2 Å². The molecule has 1 aliphatic heterocycles. The molecule has 114 valence electrons. The summed E-state index contributed by atoms with van der Waals surface area (Å²) in [6.07, 6.45) is 3.09. The average Bonchev–Trinajstić information content (AvgIpc) is 2.47. The van der Waals surface area contributed by atoms with Crippen LogP contribution in [0.2, 0.25) is 5.15 Å². The first-order chi connectivity index (χ1) is 9.99. The molecular formula is C13H17ClN4O3. The van der Waals surface area contributed by atoms with Gasteiger partial charge in [-0.15, -0.1) is 0 Å². The van der Waals surface area contributed by atoms with E-state index in [9.17, 15) is 14.9 Å². The van der Waals surface area contributed by atoms with Crippen LogP contribution < -0.4 is 10.6 Å². The lowest BCUT2D eigenvalue weighted by Crippen LogP contribution is -2.44. The molecule has 21 heavy (non-hydrogen) atoms. The summed E-state index contributed by atoms with van der Waals surface area (Å²) >= 11 is 5.73. The van der Waals surface area contributed by atoms with Crippen LogP contribution in [0.25, 0.3) is 0 Å². The third-order valence-corrected chi connectivity index (χ3v) is 3.90. The van der Waals surface area contributed by atoms with Crippen LogP contribution in [0.15, 0.2) is 12.3 Å². The van der Waals surface area contributed by atoms with Crippen LogP contribution in [0.3, 0.4) is 0 Å². The molecule has 0 bridgehead atoms. The summed E-state index contributed by atoms with van der Waals surface area (Å²) in [5.74, 6) is -0.178. The van der Waals surface area contributed by atoms with E-state index in [0.717, 1.165) is 32.1 Å². The van der Waals surface area contributed by atoms with Crippen LogP contribution in [0.5, 0.6) is 0 Å². The Hall–Kier alpha value is -1.73. The van der Waals surface area contributed by atoms with Crippen LogP contribution in [-0.2, 0) is 0 Å². The van der Waals surface area contributed by atoms with E-state index in [-0.39, 0.29) is 22.4 Å². The van der Waals surface area contributed by atoms with Gasteiger partial charge in [0.2, 0.25) is 0 Å². The molecule has 2 rings (SSSR count). The monoisotopic (exact) mass is 312 g/mol. The predicted octanol–water partition coefficient (Wildman–Crippen LogP) is 1.76. The van der Waals surface area contributed by atoms with Crippen LogP contribution in [0.1, 0.15) is 30.1 Å². The summed E-state index contributed by atoms with van der Waals surface area (Å²) in [5, 5.41) is 17.1. The molecule has 2 unspecified atom stereocenters. The van der Waals surface area contributed by atoms with E-state index < -0.39 is 10.8 Å². The van der Waals surface area contributed by atoms with Gasteiger partial charge < -0.3 is 10.6 Å². The number of hydrogen-bond donors (Lipinski definition) is 2. The van der Waals surface area contributed by atoms with E-state index in [1.165, 1.54) is 6.07 Å². The number of piperidine rings is 1. The summed E-state index contributed by atoms with van der Waals surface area (Å²) in [5.41, 5.74) is -0.401. The van der Waals surface area contributed by atoms with Gasteiger partial charge in [0.1, 0.15) is 16.9 Å². The molecule has 0 radical (unpaired) electrons. The van der Waals surface area contributed by atoms with Crippen molar-refractivity contribution in [1.82, 2.24) is 15.6 Å². The van der Waals surface area contributed by atoms with E-state index in [4.69, 9.17) is 11.6 Å². The summed E-state index contributed by atoms with van der Waals surface area (Å²) in [7, 11) is 0. The fourth-order valence-electron chi connectivity index (χ4n) is 2.46. The third-order valence-electron chi connectivity index (χ3n) is 3.69. The second-order valence-corrected chi connectivity index (χ2v) is 5.54. The number of aromatic nitrogens is 1. The van der Waals surface area contributed by atoms with Crippen molar-refractivity contribution in [2.75, 3.05) is 13.1 Å². The first-order valence-electron chi connectivity index (χ1n) is 6.80.